The first kappa shape index (κ1) is 28.3. The van der Waals surface area contributed by atoms with Crippen molar-refractivity contribution in [1.82, 2.24) is 19.9 Å². The van der Waals surface area contributed by atoms with E-state index in [9.17, 15) is 22.3 Å². The lowest BCUT2D eigenvalue weighted by atomic mass is 9.90. The molecule has 13 heteroatoms. The topological polar surface area (TPSA) is 124 Å². The lowest BCUT2D eigenvalue weighted by Crippen LogP contribution is -2.59. The molecule has 2 fully saturated rings. The lowest BCUT2D eigenvalue weighted by Gasteiger charge is -2.47. The van der Waals surface area contributed by atoms with E-state index in [1.54, 1.807) is 12.3 Å². The Morgan fingerprint density at radius 2 is 1.93 bits per heavy atom. The highest BCUT2D eigenvalue weighted by Crippen LogP contribution is 2.39. The van der Waals surface area contributed by atoms with Gasteiger partial charge in [0.25, 0.3) is 5.92 Å². The van der Waals surface area contributed by atoms with Crippen LogP contribution in [0.25, 0.3) is 10.8 Å². The zero-order chi connectivity index (χ0) is 29.0. The van der Waals surface area contributed by atoms with Crippen LogP contribution in [0.4, 0.5) is 32.2 Å². The molecule has 5 rings (SSSR count). The van der Waals surface area contributed by atoms with E-state index in [0.717, 1.165) is 29.1 Å². The molecule has 40 heavy (non-hydrogen) atoms. The molecule has 10 nitrogen and oxygen atoms in total. The van der Waals surface area contributed by atoms with Crippen molar-refractivity contribution >= 4 is 44.0 Å². The Balaban J connectivity index is 1.41. The minimum atomic E-state index is -3.30. The SMILES string of the molecule is CC(C)c1cnc(N2C[C@H](CS(C)(=O)=O)[C@H]2C)c2cnc(Nc3ccnc(N4CC[C@@](C)(O)C(F)(F)C4)n3)cc12. The molecule has 0 bridgehead atoms. The fourth-order valence-corrected chi connectivity index (χ4v) is 6.51. The van der Waals surface area contributed by atoms with Gasteiger partial charge >= 0.3 is 0 Å². The maximum atomic E-state index is 14.4. The van der Waals surface area contributed by atoms with E-state index in [1.807, 2.05) is 19.2 Å². The summed E-state index contributed by atoms with van der Waals surface area (Å²) in [6.45, 7) is 7.46. The van der Waals surface area contributed by atoms with Gasteiger partial charge in [-0.25, -0.2) is 32.2 Å². The van der Waals surface area contributed by atoms with Crippen LogP contribution in [0.3, 0.4) is 0 Å². The molecule has 0 amide bonds. The molecule has 2 saturated heterocycles. The zero-order valence-electron chi connectivity index (χ0n) is 23.3. The van der Waals surface area contributed by atoms with E-state index in [-0.39, 0.29) is 42.5 Å². The van der Waals surface area contributed by atoms with Crippen LogP contribution >= 0.6 is 0 Å². The Morgan fingerprint density at radius 3 is 2.58 bits per heavy atom. The minimum absolute atomic E-state index is 0.0263. The summed E-state index contributed by atoms with van der Waals surface area (Å²) in [6.07, 6.45) is 6.26. The highest BCUT2D eigenvalue weighted by atomic mass is 32.2. The number of nitrogens with zero attached hydrogens (tertiary/aromatic N) is 6. The Labute approximate surface area is 232 Å². The van der Waals surface area contributed by atoms with Gasteiger partial charge in [-0.05, 0) is 49.3 Å². The molecule has 0 radical (unpaired) electrons. The predicted octanol–water partition coefficient (Wildman–Crippen LogP) is 3.75. The van der Waals surface area contributed by atoms with Crippen molar-refractivity contribution in [2.45, 2.75) is 57.6 Å². The zero-order valence-corrected chi connectivity index (χ0v) is 24.1. The molecule has 2 N–H and O–H groups in total. The van der Waals surface area contributed by atoms with Gasteiger partial charge in [-0.1, -0.05) is 13.8 Å². The van der Waals surface area contributed by atoms with E-state index >= 15 is 0 Å². The van der Waals surface area contributed by atoms with Crippen molar-refractivity contribution in [3.8, 4) is 0 Å². The van der Waals surface area contributed by atoms with Crippen molar-refractivity contribution < 1.29 is 22.3 Å². The summed E-state index contributed by atoms with van der Waals surface area (Å²) in [5.74, 6) is -1.08. The summed E-state index contributed by atoms with van der Waals surface area (Å²) in [4.78, 5) is 21.4. The average Bonchev–Trinajstić information content (AvgIpc) is 2.86. The van der Waals surface area contributed by atoms with E-state index in [4.69, 9.17) is 4.98 Å². The number of aromatic nitrogens is 4. The summed E-state index contributed by atoms with van der Waals surface area (Å²) in [5, 5.41) is 15.0. The maximum Gasteiger partial charge on any atom is 0.293 e. The Bertz CT molecular complexity index is 1530. The quantitative estimate of drug-likeness (QED) is 0.430. The smallest absolute Gasteiger partial charge is 0.293 e. The molecule has 3 aromatic rings. The number of hydrogen-bond donors (Lipinski definition) is 2. The van der Waals surface area contributed by atoms with Crippen LogP contribution in [0.1, 0.15) is 45.6 Å². The first-order chi connectivity index (χ1) is 18.6. The third-order valence-electron chi connectivity index (χ3n) is 8.03. The van der Waals surface area contributed by atoms with E-state index < -0.39 is 27.9 Å². The van der Waals surface area contributed by atoms with Crippen LogP contribution in [0.2, 0.25) is 0 Å². The molecule has 0 aliphatic carbocycles. The number of anilines is 4. The second kappa shape index (κ2) is 10.0. The largest absolute Gasteiger partial charge is 0.384 e. The molecule has 2 aliphatic heterocycles. The third kappa shape index (κ3) is 5.40. The van der Waals surface area contributed by atoms with Crippen molar-refractivity contribution in [2.24, 2.45) is 5.92 Å². The number of pyridine rings is 2. The third-order valence-corrected chi connectivity index (χ3v) is 9.06. The number of alkyl halides is 2. The maximum absolute atomic E-state index is 14.4. The summed E-state index contributed by atoms with van der Waals surface area (Å²) in [7, 11) is -3.07. The summed E-state index contributed by atoms with van der Waals surface area (Å²) in [5.41, 5.74) is -1.03. The van der Waals surface area contributed by atoms with Crippen molar-refractivity contribution in [2.75, 3.05) is 46.8 Å². The molecular weight excluding hydrogens is 540 g/mol. The van der Waals surface area contributed by atoms with Gasteiger partial charge < -0.3 is 20.2 Å². The number of halogens is 2. The summed E-state index contributed by atoms with van der Waals surface area (Å²) < 4.78 is 52.5. The van der Waals surface area contributed by atoms with Gasteiger partial charge in [-0.2, -0.15) is 4.98 Å². The molecule has 216 valence electrons. The molecular formula is C27H35F2N7O3S. The van der Waals surface area contributed by atoms with Crippen LogP contribution in [0.15, 0.2) is 30.7 Å². The predicted molar refractivity (Wildman–Crippen MR) is 151 cm³/mol. The van der Waals surface area contributed by atoms with Crippen LogP contribution in [0.5, 0.6) is 0 Å². The number of hydrogen-bond acceptors (Lipinski definition) is 10. The first-order valence-corrected chi connectivity index (χ1v) is 15.4. The molecule has 3 atom stereocenters. The number of aliphatic hydroxyl groups is 1. The number of sulfone groups is 1. The van der Waals surface area contributed by atoms with Gasteiger partial charge in [0.05, 0.1) is 12.3 Å². The second-order valence-electron chi connectivity index (χ2n) is 11.6. The monoisotopic (exact) mass is 575 g/mol. The number of nitrogens with one attached hydrogen (secondary N) is 1. The second-order valence-corrected chi connectivity index (χ2v) is 13.8. The fraction of sp³-hybridized carbons (Fsp3) is 0.556. The standard InChI is InChI=1S/C27H35F2N7O3S/c1-16(2)20-11-32-24(36-13-18(17(36)3)14-40(5,38)39)21-12-31-23(10-19(20)21)33-22-6-8-30-25(34-22)35-9-7-26(4,37)27(28,29)15-35/h6,8,10-12,16-18,37H,7,9,13-15H2,1-5H3,(H,30,31,33,34)/t17-,18-,26-/m1/s1. The lowest BCUT2D eigenvalue weighted by molar-refractivity contribution is -0.177. The van der Waals surface area contributed by atoms with Gasteiger partial charge in [-0.15, -0.1) is 0 Å². The molecule has 5 heterocycles. The van der Waals surface area contributed by atoms with Gasteiger partial charge in [0.15, 0.2) is 0 Å². The van der Waals surface area contributed by atoms with Gasteiger partial charge in [0.1, 0.15) is 32.9 Å². The van der Waals surface area contributed by atoms with Crippen molar-refractivity contribution in [1.29, 1.82) is 0 Å². The Kier molecular flexibility index (Phi) is 7.10. The number of rotatable bonds is 7. The highest BCUT2D eigenvalue weighted by Gasteiger charge is 2.53. The number of piperidine rings is 1. The molecule has 0 unspecified atom stereocenters. The van der Waals surface area contributed by atoms with Crippen LogP contribution in [0, 0.1) is 5.92 Å². The van der Waals surface area contributed by atoms with Crippen LogP contribution < -0.4 is 15.1 Å². The normalized spacial score (nSPS) is 24.8. The van der Waals surface area contributed by atoms with Crippen LogP contribution in [-0.4, -0.2) is 82.7 Å². The average molecular weight is 576 g/mol. The molecule has 0 aromatic carbocycles. The molecule has 0 spiro atoms. The Morgan fingerprint density at radius 1 is 1.18 bits per heavy atom. The molecule has 0 saturated carbocycles. The van der Waals surface area contributed by atoms with Crippen molar-refractivity contribution in [3.05, 3.63) is 36.3 Å². The minimum Gasteiger partial charge on any atom is -0.384 e. The number of fused-ring (bicyclic) bond motifs is 1. The molecule has 2 aliphatic rings. The fourth-order valence-electron chi connectivity index (χ4n) is 5.34. The van der Waals surface area contributed by atoms with E-state index in [0.29, 0.717) is 18.2 Å². The van der Waals surface area contributed by atoms with Crippen LogP contribution in [-0.2, 0) is 9.84 Å². The first-order valence-electron chi connectivity index (χ1n) is 13.3. The van der Waals surface area contributed by atoms with Gasteiger partial charge in [0, 0.05) is 55.3 Å². The highest BCUT2D eigenvalue weighted by molar-refractivity contribution is 7.90. The van der Waals surface area contributed by atoms with E-state index in [1.165, 1.54) is 17.4 Å². The summed E-state index contributed by atoms with van der Waals surface area (Å²) >= 11 is 0. The summed E-state index contributed by atoms with van der Waals surface area (Å²) in [6, 6.07) is 3.58. The Hall–Kier alpha value is -3.19. The molecule has 3 aromatic heterocycles. The van der Waals surface area contributed by atoms with Gasteiger partial charge in [0.2, 0.25) is 5.95 Å². The van der Waals surface area contributed by atoms with Gasteiger partial charge in [-0.3, -0.25) is 0 Å². The van der Waals surface area contributed by atoms with E-state index in [2.05, 4.69) is 39.0 Å². The van der Waals surface area contributed by atoms with Crippen molar-refractivity contribution in [3.63, 3.8) is 0 Å².